The number of pyridine rings is 1. The number of nitrogens with zero attached hydrogens (tertiary/aromatic N) is 3. The zero-order valence-corrected chi connectivity index (χ0v) is 14.8. The maximum Gasteiger partial charge on any atom is 0.223 e. The van der Waals surface area contributed by atoms with Crippen molar-refractivity contribution in [3.63, 3.8) is 0 Å². The average molecular weight is 371 g/mol. The molecule has 0 aromatic carbocycles. The zero-order valence-electron chi connectivity index (χ0n) is 13.3. The highest BCUT2D eigenvalue weighted by Crippen LogP contribution is 2.19. The number of carbonyl (C=O) groups excluding carboxylic acids is 1. The SMILES string of the molecule is CS(=O)(=O)N1CCC(C(=O)NCc2cn3cc(Cl)ccc3n2)CC1. The van der Waals surface area contributed by atoms with E-state index in [1.54, 1.807) is 12.3 Å². The van der Waals surface area contributed by atoms with Crippen LogP contribution in [0.25, 0.3) is 5.65 Å². The molecule has 1 aliphatic heterocycles. The Kier molecular flexibility index (Phi) is 4.80. The third-order valence-corrected chi connectivity index (χ3v) is 5.73. The van der Waals surface area contributed by atoms with Gasteiger partial charge in [-0.1, -0.05) is 11.6 Å². The number of imidazole rings is 1. The summed E-state index contributed by atoms with van der Waals surface area (Å²) in [6, 6.07) is 3.58. The number of hydrogen-bond acceptors (Lipinski definition) is 4. The van der Waals surface area contributed by atoms with Gasteiger partial charge in [-0.2, -0.15) is 0 Å². The lowest BCUT2D eigenvalue weighted by molar-refractivity contribution is -0.126. The number of aromatic nitrogens is 2. The minimum Gasteiger partial charge on any atom is -0.350 e. The number of amides is 1. The van der Waals surface area contributed by atoms with E-state index in [1.165, 1.54) is 10.6 Å². The molecule has 3 heterocycles. The molecule has 0 atom stereocenters. The highest BCUT2D eigenvalue weighted by molar-refractivity contribution is 7.88. The molecule has 0 bridgehead atoms. The molecule has 130 valence electrons. The van der Waals surface area contributed by atoms with Gasteiger partial charge in [-0.05, 0) is 25.0 Å². The van der Waals surface area contributed by atoms with E-state index in [9.17, 15) is 13.2 Å². The molecule has 0 spiro atoms. The molecule has 1 saturated heterocycles. The van der Waals surface area contributed by atoms with Gasteiger partial charge in [0.15, 0.2) is 0 Å². The number of rotatable bonds is 4. The van der Waals surface area contributed by atoms with Gasteiger partial charge in [0.05, 0.1) is 23.5 Å². The summed E-state index contributed by atoms with van der Waals surface area (Å²) in [7, 11) is -3.17. The van der Waals surface area contributed by atoms with Crippen molar-refractivity contribution in [1.29, 1.82) is 0 Å². The number of piperidine rings is 1. The minimum atomic E-state index is -3.17. The van der Waals surface area contributed by atoms with Crippen LogP contribution in [0, 0.1) is 5.92 Å². The van der Waals surface area contributed by atoms with Gasteiger partial charge in [0.25, 0.3) is 0 Å². The molecule has 2 aromatic rings. The first-order valence-electron chi connectivity index (χ1n) is 7.69. The fourth-order valence-corrected chi connectivity index (χ4v) is 3.92. The van der Waals surface area contributed by atoms with Crippen molar-refractivity contribution < 1.29 is 13.2 Å². The van der Waals surface area contributed by atoms with E-state index < -0.39 is 10.0 Å². The molecule has 24 heavy (non-hydrogen) atoms. The van der Waals surface area contributed by atoms with E-state index in [0.717, 1.165) is 11.3 Å². The Hall–Kier alpha value is -1.64. The monoisotopic (exact) mass is 370 g/mol. The predicted octanol–water partition coefficient (Wildman–Crippen LogP) is 1.28. The van der Waals surface area contributed by atoms with Gasteiger partial charge in [0.1, 0.15) is 5.65 Å². The van der Waals surface area contributed by atoms with Crippen LogP contribution in [-0.2, 0) is 21.4 Å². The second-order valence-electron chi connectivity index (χ2n) is 6.00. The molecule has 0 radical (unpaired) electrons. The van der Waals surface area contributed by atoms with Crippen LogP contribution in [0.15, 0.2) is 24.5 Å². The topological polar surface area (TPSA) is 83.8 Å². The van der Waals surface area contributed by atoms with Gasteiger partial charge < -0.3 is 9.72 Å². The van der Waals surface area contributed by atoms with E-state index in [4.69, 9.17) is 11.6 Å². The summed E-state index contributed by atoms with van der Waals surface area (Å²) in [5.74, 6) is -0.215. The summed E-state index contributed by atoms with van der Waals surface area (Å²) in [5.41, 5.74) is 1.52. The van der Waals surface area contributed by atoms with Gasteiger partial charge >= 0.3 is 0 Å². The Morgan fingerprint density at radius 2 is 2.04 bits per heavy atom. The molecule has 7 nitrogen and oxygen atoms in total. The molecule has 1 aliphatic rings. The molecule has 2 aromatic heterocycles. The van der Waals surface area contributed by atoms with Crippen LogP contribution in [0.2, 0.25) is 5.02 Å². The maximum absolute atomic E-state index is 12.3. The van der Waals surface area contributed by atoms with Crippen molar-refractivity contribution in [3.8, 4) is 0 Å². The first-order chi connectivity index (χ1) is 11.3. The van der Waals surface area contributed by atoms with Crippen molar-refractivity contribution >= 4 is 33.2 Å². The van der Waals surface area contributed by atoms with Crippen molar-refractivity contribution in [2.75, 3.05) is 19.3 Å². The van der Waals surface area contributed by atoms with Crippen LogP contribution in [0.4, 0.5) is 0 Å². The van der Waals surface area contributed by atoms with Crippen LogP contribution >= 0.6 is 11.6 Å². The van der Waals surface area contributed by atoms with Crippen LogP contribution in [0.5, 0.6) is 0 Å². The minimum absolute atomic E-state index is 0.0572. The zero-order chi connectivity index (χ0) is 17.3. The Morgan fingerprint density at radius 3 is 2.71 bits per heavy atom. The summed E-state index contributed by atoms with van der Waals surface area (Å²) in [5, 5.41) is 3.50. The molecule has 0 unspecified atom stereocenters. The van der Waals surface area contributed by atoms with Gasteiger partial charge in [-0.25, -0.2) is 17.7 Å². The molecule has 1 fully saturated rings. The molecular formula is C15H19ClN4O3S. The van der Waals surface area contributed by atoms with E-state index in [1.807, 2.05) is 16.7 Å². The highest BCUT2D eigenvalue weighted by atomic mass is 35.5. The highest BCUT2D eigenvalue weighted by Gasteiger charge is 2.28. The predicted molar refractivity (Wildman–Crippen MR) is 91.2 cm³/mol. The molecular weight excluding hydrogens is 352 g/mol. The van der Waals surface area contributed by atoms with Gasteiger partial charge in [-0.15, -0.1) is 0 Å². The fraction of sp³-hybridized carbons (Fsp3) is 0.467. The Labute approximate surface area is 145 Å². The van der Waals surface area contributed by atoms with Crippen molar-refractivity contribution in [3.05, 3.63) is 35.2 Å². The van der Waals surface area contributed by atoms with Crippen molar-refractivity contribution in [1.82, 2.24) is 19.0 Å². The maximum atomic E-state index is 12.3. The summed E-state index contributed by atoms with van der Waals surface area (Å²) in [4.78, 5) is 16.7. The third kappa shape index (κ3) is 3.88. The smallest absolute Gasteiger partial charge is 0.223 e. The molecule has 0 aliphatic carbocycles. The number of hydrogen-bond donors (Lipinski definition) is 1. The largest absolute Gasteiger partial charge is 0.350 e. The number of halogens is 1. The summed E-state index contributed by atoms with van der Waals surface area (Å²) in [6.07, 6.45) is 5.87. The van der Waals surface area contributed by atoms with E-state index in [0.29, 0.717) is 37.5 Å². The fourth-order valence-electron chi connectivity index (χ4n) is 2.87. The van der Waals surface area contributed by atoms with E-state index >= 15 is 0 Å². The lowest BCUT2D eigenvalue weighted by atomic mass is 9.97. The number of sulfonamides is 1. The lowest BCUT2D eigenvalue weighted by Crippen LogP contribution is -2.42. The lowest BCUT2D eigenvalue weighted by Gasteiger charge is -2.29. The molecule has 0 saturated carbocycles. The summed E-state index contributed by atoms with van der Waals surface area (Å²) >= 11 is 5.94. The third-order valence-electron chi connectivity index (χ3n) is 4.20. The van der Waals surface area contributed by atoms with E-state index in [2.05, 4.69) is 10.3 Å². The van der Waals surface area contributed by atoms with Crippen LogP contribution in [-0.4, -0.2) is 47.4 Å². The van der Waals surface area contributed by atoms with Crippen LogP contribution in [0.1, 0.15) is 18.5 Å². The second kappa shape index (κ2) is 6.70. The van der Waals surface area contributed by atoms with Gasteiger partial charge in [0, 0.05) is 31.4 Å². The van der Waals surface area contributed by atoms with E-state index in [-0.39, 0.29) is 11.8 Å². The number of nitrogens with one attached hydrogen (secondary N) is 1. The van der Waals surface area contributed by atoms with Crippen molar-refractivity contribution in [2.24, 2.45) is 5.92 Å². The van der Waals surface area contributed by atoms with Crippen molar-refractivity contribution in [2.45, 2.75) is 19.4 Å². The average Bonchev–Trinajstić information content (AvgIpc) is 2.94. The quantitative estimate of drug-likeness (QED) is 0.878. The first kappa shape index (κ1) is 17.2. The van der Waals surface area contributed by atoms with Crippen LogP contribution < -0.4 is 5.32 Å². The molecule has 3 rings (SSSR count). The Morgan fingerprint density at radius 1 is 1.33 bits per heavy atom. The molecule has 9 heteroatoms. The number of carbonyl (C=O) groups is 1. The van der Waals surface area contributed by atoms with Crippen LogP contribution in [0.3, 0.4) is 0 Å². The summed E-state index contributed by atoms with van der Waals surface area (Å²) < 4.78 is 26.2. The normalized spacial score (nSPS) is 17.2. The first-order valence-corrected chi connectivity index (χ1v) is 9.91. The van der Waals surface area contributed by atoms with Gasteiger partial charge in [0.2, 0.25) is 15.9 Å². The Bertz CT molecular complexity index is 857. The summed E-state index contributed by atoms with van der Waals surface area (Å²) in [6.45, 7) is 1.12. The standard InChI is InChI=1S/C15H19ClN4O3S/c1-24(22,23)20-6-4-11(5-7-20)15(21)17-8-13-10-19-9-12(16)2-3-14(19)18-13/h2-3,9-11H,4-8H2,1H3,(H,17,21). The number of fused-ring (bicyclic) bond motifs is 1. The van der Waals surface area contributed by atoms with Gasteiger partial charge in [-0.3, -0.25) is 4.79 Å². The Balaban J connectivity index is 1.55. The molecule has 1 amide bonds. The molecule has 1 N–H and O–H groups in total. The second-order valence-corrected chi connectivity index (χ2v) is 8.42.